The quantitative estimate of drug-likeness (QED) is 0.692. The summed E-state index contributed by atoms with van der Waals surface area (Å²) in [6.07, 6.45) is 0. The van der Waals surface area contributed by atoms with E-state index >= 15 is 0 Å². The first-order valence-corrected chi connectivity index (χ1v) is 6.74. The van der Waals surface area contributed by atoms with Crippen LogP contribution in [-0.2, 0) is 14.4 Å². The first-order chi connectivity index (χ1) is 9.35. The first-order valence-electron chi connectivity index (χ1n) is 6.74. The Hall–Kier alpha value is -1.63. The van der Waals surface area contributed by atoms with Gasteiger partial charge in [0.25, 0.3) is 0 Å². The minimum atomic E-state index is -0.304. The topological polar surface area (TPSA) is 73.0 Å². The second-order valence-corrected chi connectivity index (χ2v) is 5.30. The molecule has 7 heteroatoms. The molecule has 1 atom stereocenters. The summed E-state index contributed by atoms with van der Waals surface area (Å²) in [7, 11) is 5.00. The number of carbonyl (C=O) groups excluding carboxylic acids is 3. The van der Waals surface area contributed by atoms with E-state index in [0.717, 1.165) is 0 Å². The van der Waals surface area contributed by atoms with Crippen molar-refractivity contribution in [3.63, 3.8) is 0 Å². The molecule has 0 spiro atoms. The van der Waals surface area contributed by atoms with E-state index in [1.54, 1.807) is 26.0 Å². The van der Waals surface area contributed by atoms with Crippen molar-refractivity contribution in [3.05, 3.63) is 0 Å². The van der Waals surface area contributed by atoms with Crippen LogP contribution in [0.15, 0.2) is 0 Å². The van der Waals surface area contributed by atoms with E-state index in [4.69, 9.17) is 0 Å². The van der Waals surface area contributed by atoms with Crippen molar-refractivity contribution in [1.82, 2.24) is 20.0 Å². The van der Waals surface area contributed by atoms with Crippen molar-refractivity contribution in [2.75, 3.05) is 53.9 Å². The van der Waals surface area contributed by atoms with Gasteiger partial charge in [-0.15, -0.1) is 0 Å². The Kier molecular flexibility index (Phi) is 5.94. The molecule has 114 valence electrons. The van der Waals surface area contributed by atoms with Crippen LogP contribution in [0.5, 0.6) is 0 Å². The lowest BCUT2D eigenvalue weighted by atomic mass is 10.1. The zero-order valence-electron chi connectivity index (χ0n) is 12.7. The molecule has 0 aromatic heterocycles. The third-order valence-corrected chi connectivity index (χ3v) is 3.53. The van der Waals surface area contributed by atoms with Crippen LogP contribution in [0.2, 0.25) is 0 Å². The summed E-state index contributed by atoms with van der Waals surface area (Å²) < 4.78 is 0. The minimum absolute atomic E-state index is 0.00284. The second-order valence-electron chi connectivity index (χ2n) is 5.30. The van der Waals surface area contributed by atoms with E-state index in [1.165, 1.54) is 11.8 Å². The molecule has 0 aromatic rings. The number of rotatable bonds is 3. The normalized spacial score (nSPS) is 20.2. The number of amides is 3. The molecule has 1 unspecified atom stereocenters. The fourth-order valence-electron chi connectivity index (χ4n) is 2.21. The van der Waals surface area contributed by atoms with Gasteiger partial charge in [-0.05, 0) is 0 Å². The maximum absolute atomic E-state index is 11.9. The number of nitrogens with zero attached hydrogens (tertiary/aromatic N) is 3. The molecule has 0 saturated carbocycles. The fourth-order valence-corrected chi connectivity index (χ4v) is 2.21. The molecule has 1 N–H and O–H groups in total. The van der Waals surface area contributed by atoms with Crippen molar-refractivity contribution in [2.45, 2.75) is 6.92 Å². The van der Waals surface area contributed by atoms with E-state index < -0.39 is 0 Å². The zero-order chi connectivity index (χ0) is 15.3. The maximum Gasteiger partial charge on any atom is 0.236 e. The van der Waals surface area contributed by atoms with Crippen LogP contribution in [-0.4, -0.2) is 86.3 Å². The highest BCUT2D eigenvalue weighted by Crippen LogP contribution is 2.10. The Morgan fingerprint density at radius 1 is 1.20 bits per heavy atom. The van der Waals surface area contributed by atoms with Crippen molar-refractivity contribution in [3.8, 4) is 0 Å². The van der Waals surface area contributed by atoms with Crippen LogP contribution in [0.1, 0.15) is 6.92 Å². The van der Waals surface area contributed by atoms with Gasteiger partial charge in [0.1, 0.15) is 0 Å². The van der Waals surface area contributed by atoms with E-state index in [-0.39, 0.29) is 30.2 Å². The highest BCUT2D eigenvalue weighted by molar-refractivity contribution is 5.81. The van der Waals surface area contributed by atoms with E-state index in [2.05, 4.69) is 5.32 Å². The molecule has 1 aliphatic heterocycles. The summed E-state index contributed by atoms with van der Waals surface area (Å²) in [4.78, 5) is 40.3. The summed E-state index contributed by atoms with van der Waals surface area (Å²) in [5.74, 6) is -0.446. The van der Waals surface area contributed by atoms with Gasteiger partial charge >= 0.3 is 0 Å². The lowest BCUT2D eigenvalue weighted by Gasteiger charge is -2.23. The highest BCUT2D eigenvalue weighted by Gasteiger charge is 2.29. The number of hydrogen-bond acceptors (Lipinski definition) is 4. The van der Waals surface area contributed by atoms with Crippen molar-refractivity contribution in [2.24, 2.45) is 5.92 Å². The van der Waals surface area contributed by atoms with Gasteiger partial charge in [-0.25, -0.2) is 0 Å². The molecule has 1 heterocycles. The average Bonchev–Trinajstić information content (AvgIpc) is 2.60. The molecule has 1 rings (SSSR count). The van der Waals surface area contributed by atoms with Crippen LogP contribution in [0, 0.1) is 5.92 Å². The maximum atomic E-state index is 11.9. The minimum Gasteiger partial charge on any atom is -0.359 e. The zero-order valence-corrected chi connectivity index (χ0v) is 12.7. The molecule has 0 aromatic carbocycles. The van der Waals surface area contributed by atoms with Crippen LogP contribution in [0.4, 0.5) is 0 Å². The molecule has 3 amide bonds. The van der Waals surface area contributed by atoms with Gasteiger partial charge in [-0.3, -0.25) is 19.3 Å². The van der Waals surface area contributed by atoms with Crippen molar-refractivity contribution in [1.29, 1.82) is 0 Å². The number of carbonyl (C=O) groups is 3. The third-order valence-electron chi connectivity index (χ3n) is 3.53. The molecule has 1 aliphatic rings. The molecule has 0 aliphatic carbocycles. The van der Waals surface area contributed by atoms with Gasteiger partial charge in [0.2, 0.25) is 17.7 Å². The van der Waals surface area contributed by atoms with Crippen LogP contribution >= 0.6 is 0 Å². The van der Waals surface area contributed by atoms with Crippen LogP contribution < -0.4 is 5.32 Å². The number of likely N-dealkylation sites (N-methyl/N-ethyl adjacent to an activating group) is 1. The van der Waals surface area contributed by atoms with Crippen molar-refractivity contribution >= 4 is 17.7 Å². The second kappa shape index (κ2) is 7.23. The Morgan fingerprint density at radius 3 is 2.35 bits per heavy atom. The standard InChI is InChI=1S/C13H24N4O3/c1-10(18)17-6-5-16(9-12(19)15(3)4)7-11(8-17)13(20)14-2/h11H,5-9H2,1-4H3,(H,14,20). The Morgan fingerprint density at radius 2 is 1.85 bits per heavy atom. The lowest BCUT2D eigenvalue weighted by Crippen LogP contribution is -2.43. The van der Waals surface area contributed by atoms with Gasteiger partial charge in [0.05, 0.1) is 12.5 Å². The predicted octanol–water partition coefficient (Wildman–Crippen LogP) is -1.40. The molecule has 7 nitrogen and oxygen atoms in total. The van der Waals surface area contributed by atoms with Gasteiger partial charge in [0.15, 0.2) is 0 Å². The summed E-state index contributed by atoms with van der Waals surface area (Å²) in [5.41, 5.74) is 0. The smallest absolute Gasteiger partial charge is 0.236 e. The third kappa shape index (κ3) is 4.48. The average molecular weight is 284 g/mol. The summed E-state index contributed by atoms with van der Waals surface area (Å²) in [6, 6.07) is 0. The van der Waals surface area contributed by atoms with Crippen LogP contribution in [0.3, 0.4) is 0 Å². The Bertz CT molecular complexity index is 384. The Labute approximate surface area is 119 Å². The Balaban J connectivity index is 2.76. The highest BCUT2D eigenvalue weighted by atomic mass is 16.2. The molecular formula is C13H24N4O3. The molecule has 1 fully saturated rings. The number of hydrogen-bond donors (Lipinski definition) is 1. The lowest BCUT2D eigenvalue weighted by molar-refractivity contribution is -0.132. The van der Waals surface area contributed by atoms with E-state index in [9.17, 15) is 14.4 Å². The monoisotopic (exact) mass is 284 g/mol. The first kappa shape index (κ1) is 16.4. The van der Waals surface area contributed by atoms with E-state index in [1.807, 2.05) is 4.90 Å². The van der Waals surface area contributed by atoms with Gasteiger partial charge in [0, 0.05) is 54.2 Å². The van der Waals surface area contributed by atoms with Gasteiger partial charge in [-0.1, -0.05) is 0 Å². The molecule has 0 radical (unpaired) electrons. The molecule has 0 bridgehead atoms. The van der Waals surface area contributed by atoms with Crippen LogP contribution in [0.25, 0.3) is 0 Å². The van der Waals surface area contributed by atoms with E-state index in [0.29, 0.717) is 26.2 Å². The van der Waals surface area contributed by atoms with Crippen molar-refractivity contribution < 1.29 is 14.4 Å². The SMILES string of the molecule is CNC(=O)C1CN(CC(=O)N(C)C)CCN(C(C)=O)C1. The molecular weight excluding hydrogens is 260 g/mol. The van der Waals surface area contributed by atoms with Gasteiger partial charge < -0.3 is 15.1 Å². The summed E-state index contributed by atoms with van der Waals surface area (Å²) in [5, 5.41) is 2.62. The fraction of sp³-hybridized carbons (Fsp3) is 0.769. The molecule has 20 heavy (non-hydrogen) atoms. The number of nitrogens with one attached hydrogen (secondary N) is 1. The molecule has 1 saturated heterocycles. The predicted molar refractivity (Wildman–Crippen MR) is 74.9 cm³/mol. The largest absolute Gasteiger partial charge is 0.359 e. The summed E-state index contributed by atoms with van der Waals surface area (Å²) in [6.45, 7) is 3.81. The van der Waals surface area contributed by atoms with Gasteiger partial charge in [-0.2, -0.15) is 0 Å². The summed E-state index contributed by atoms with van der Waals surface area (Å²) >= 11 is 0.